The molecule has 0 aliphatic heterocycles. The van der Waals surface area contributed by atoms with Gasteiger partial charge in [-0.1, -0.05) is 40.0 Å². The molecule has 1 heterocycles. The molecule has 0 radical (unpaired) electrons. The van der Waals surface area contributed by atoms with Gasteiger partial charge in [-0.25, -0.2) is 0 Å². The second-order valence-electron chi connectivity index (χ2n) is 5.32. The zero-order chi connectivity index (χ0) is 12.9. The average Bonchev–Trinajstić information content (AvgIpc) is 2.32. The van der Waals surface area contributed by atoms with Crippen LogP contribution < -0.4 is 0 Å². The van der Waals surface area contributed by atoms with Crippen molar-refractivity contribution in [1.82, 2.24) is 9.97 Å². The molecular formula is C15H26N2. The van der Waals surface area contributed by atoms with E-state index in [1.54, 1.807) is 0 Å². The maximum atomic E-state index is 4.73. The van der Waals surface area contributed by atoms with Gasteiger partial charge in [0.25, 0.3) is 0 Å². The molecule has 1 atom stereocenters. The standard InChI is InChI=1S/C15H26N2/c1-6-8-9-10-15(5,7-2)14-13(4)16-11-12(3)17-14/h11H,6-10H2,1-5H3. The zero-order valence-corrected chi connectivity index (χ0v) is 12.0. The number of aryl methyl sites for hydroxylation is 2. The van der Waals surface area contributed by atoms with Gasteiger partial charge < -0.3 is 0 Å². The van der Waals surface area contributed by atoms with E-state index in [2.05, 4.69) is 32.7 Å². The minimum Gasteiger partial charge on any atom is -0.258 e. The lowest BCUT2D eigenvalue weighted by atomic mass is 9.78. The van der Waals surface area contributed by atoms with E-state index in [4.69, 9.17) is 4.98 Å². The van der Waals surface area contributed by atoms with Crippen molar-refractivity contribution in [2.24, 2.45) is 0 Å². The number of hydrogen-bond donors (Lipinski definition) is 0. The van der Waals surface area contributed by atoms with Gasteiger partial charge in [0.1, 0.15) is 0 Å². The Morgan fingerprint density at radius 3 is 2.47 bits per heavy atom. The lowest BCUT2D eigenvalue weighted by molar-refractivity contribution is 0.383. The molecule has 0 saturated heterocycles. The molecule has 0 bridgehead atoms. The molecule has 17 heavy (non-hydrogen) atoms. The van der Waals surface area contributed by atoms with Crippen molar-refractivity contribution in [3.63, 3.8) is 0 Å². The number of rotatable bonds is 6. The summed E-state index contributed by atoms with van der Waals surface area (Å²) in [6.07, 6.45) is 8.09. The molecule has 1 rings (SSSR count). The van der Waals surface area contributed by atoms with Crippen LogP contribution in [0.15, 0.2) is 6.20 Å². The monoisotopic (exact) mass is 234 g/mol. The highest BCUT2D eigenvalue weighted by Gasteiger charge is 2.27. The molecule has 0 fully saturated rings. The summed E-state index contributed by atoms with van der Waals surface area (Å²) in [5.41, 5.74) is 3.52. The molecule has 1 aromatic rings. The number of aromatic nitrogens is 2. The van der Waals surface area contributed by atoms with Crippen molar-refractivity contribution in [2.45, 2.75) is 72.1 Å². The van der Waals surface area contributed by atoms with Crippen molar-refractivity contribution >= 4 is 0 Å². The zero-order valence-electron chi connectivity index (χ0n) is 12.0. The number of unbranched alkanes of at least 4 members (excludes halogenated alkanes) is 2. The second-order valence-corrected chi connectivity index (χ2v) is 5.32. The van der Waals surface area contributed by atoms with Gasteiger partial charge in [0, 0.05) is 11.6 Å². The van der Waals surface area contributed by atoms with E-state index in [1.807, 2.05) is 13.1 Å². The van der Waals surface area contributed by atoms with Gasteiger partial charge in [0.15, 0.2) is 0 Å². The van der Waals surface area contributed by atoms with E-state index in [-0.39, 0.29) is 5.41 Å². The fourth-order valence-corrected chi connectivity index (χ4v) is 2.34. The van der Waals surface area contributed by atoms with Crippen LogP contribution in [-0.4, -0.2) is 9.97 Å². The second kappa shape index (κ2) is 6.13. The third kappa shape index (κ3) is 3.52. The van der Waals surface area contributed by atoms with E-state index in [1.165, 1.54) is 31.4 Å². The van der Waals surface area contributed by atoms with Crippen LogP contribution in [0.2, 0.25) is 0 Å². The molecule has 0 aliphatic rings. The molecule has 1 unspecified atom stereocenters. The first-order valence-corrected chi connectivity index (χ1v) is 6.84. The first kappa shape index (κ1) is 14.1. The smallest absolute Gasteiger partial charge is 0.0677 e. The summed E-state index contributed by atoms with van der Waals surface area (Å²) in [6.45, 7) is 10.9. The minimum atomic E-state index is 0.193. The predicted molar refractivity (Wildman–Crippen MR) is 73.3 cm³/mol. The highest BCUT2D eigenvalue weighted by atomic mass is 14.8. The Kier molecular flexibility index (Phi) is 5.10. The molecule has 0 N–H and O–H groups in total. The molecule has 0 amide bonds. The van der Waals surface area contributed by atoms with Gasteiger partial charge >= 0.3 is 0 Å². The molecule has 0 saturated carbocycles. The van der Waals surface area contributed by atoms with Gasteiger partial charge in [-0.3, -0.25) is 9.97 Å². The topological polar surface area (TPSA) is 25.8 Å². The Labute approximate surface area is 106 Å². The first-order chi connectivity index (χ1) is 8.03. The fourth-order valence-electron chi connectivity index (χ4n) is 2.34. The van der Waals surface area contributed by atoms with Gasteiger partial charge in [0.2, 0.25) is 0 Å². The molecular weight excluding hydrogens is 208 g/mol. The van der Waals surface area contributed by atoms with Crippen LogP contribution in [0.3, 0.4) is 0 Å². The van der Waals surface area contributed by atoms with E-state index < -0.39 is 0 Å². The quantitative estimate of drug-likeness (QED) is 0.684. The lowest BCUT2D eigenvalue weighted by Gasteiger charge is -2.29. The first-order valence-electron chi connectivity index (χ1n) is 6.84. The lowest BCUT2D eigenvalue weighted by Crippen LogP contribution is -2.24. The largest absolute Gasteiger partial charge is 0.258 e. The van der Waals surface area contributed by atoms with Crippen LogP contribution in [0.4, 0.5) is 0 Å². The Morgan fingerprint density at radius 2 is 1.88 bits per heavy atom. The van der Waals surface area contributed by atoms with Crippen molar-refractivity contribution in [2.75, 3.05) is 0 Å². The molecule has 1 aromatic heterocycles. The summed E-state index contributed by atoms with van der Waals surface area (Å²) in [7, 11) is 0. The van der Waals surface area contributed by atoms with Crippen LogP contribution in [-0.2, 0) is 5.41 Å². The van der Waals surface area contributed by atoms with Crippen LogP contribution in [0, 0.1) is 13.8 Å². The third-order valence-corrected chi connectivity index (χ3v) is 3.76. The van der Waals surface area contributed by atoms with Gasteiger partial charge in [-0.2, -0.15) is 0 Å². The molecule has 96 valence electrons. The van der Waals surface area contributed by atoms with Crippen molar-refractivity contribution in [1.29, 1.82) is 0 Å². The van der Waals surface area contributed by atoms with E-state index in [0.29, 0.717) is 0 Å². The van der Waals surface area contributed by atoms with E-state index in [0.717, 1.165) is 17.8 Å². The Hall–Kier alpha value is -0.920. The van der Waals surface area contributed by atoms with Crippen LogP contribution in [0.25, 0.3) is 0 Å². The Morgan fingerprint density at radius 1 is 1.18 bits per heavy atom. The fraction of sp³-hybridized carbons (Fsp3) is 0.733. The van der Waals surface area contributed by atoms with E-state index >= 15 is 0 Å². The molecule has 0 spiro atoms. The third-order valence-electron chi connectivity index (χ3n) is 3.76. The number of nitrogens with zero attached hydrogens (tertiary/aromatic N) is 2. The van der Waals surface area contributed by atoms with Crippen LogP contribution in [0.5, 0.6) is 0 Å². The normalized spacial score (nSPS) is 14.6. The minimum absolute atomic E-state index is 0.193. The summed E-state index contributed by atoms with van der Waals surface area (Å²) < 4.78 is 0. The molecule has 2 heteroatoms. The summed E-state index contributed by atoms with van der Waals surface area (Å²) >= 11 is 0. The predicted octanol–water partition coefficient (Wildman–Crippen LogP) is 4.34. The number of hydrogen-bond acceptors (Lipinski definition) is 2. The summed E-state index contributed by atoms with van der Waals surface area (Å²) in [4.78, 5) is 9.19. The molecule has 2 nitrogen and oxygen atoms in total. The van der Waals surface area contributed by atoms with E-state index in [9.17, 15) is 0 Å². The van der Waals surface area contributed by atoms with Crippen molar-refractivity contribution < 1.29 is 0 Å². The van der Waals surface area contributed by atoms with Crippen molar-refractivity contribution in [3.05, 3.63) is 23.3 Å². The summed E-state index contributed by atoms with van der Waals surface area (Å²) in [5.74, 6) is 0. The Balaban J connectivity index is 2.94. The highest BCUT2D eigenvalue weighted by Crippen LogP contribution is 2.33. The average molecular weight is 234 g/mol. The Bertz CT molecular complexity index is 360. The van der Waals surface area contributed by atoms with Gasteiger partial charge in [-0.15, -0.1) is 0 Å². The highest BCUT2D eigenvalue weighted by molar-refractivity contribution is 5.21. The maximum Gasteiger partial charge on any atom is 0.0677 e. The summed E-state index contributed by atoms with van der Waals surface area (Å²) in [6, 6.07) is 0. The SMILES string of the molecule is CCCCCC(C)(CC)c1nc(C)cnc1C. The van der Waals surface area contributed by atoms with Gasteiger partial charge in [-0.05, 0) is 26.7 Å². The van der Waals surface area contributed by atoms with Crippen LogP contribution >= 0.6 is 0 Å². The van der Waals surface area contributed by atoms with Crippen molar-refractivity contribution in [3.8, 4) is 0 Å². The maximum absolute atomic E-state index is 4.73. The molecule has 0 aromatic carbocycles. The summed E-state index contributed by atoms with van der Waals surface area (Å²) in [5, 5.41) is 0. The molecule has 0 aliphatic carbocycles. The van der Waals surface area contributed by atoms with Gasteiger partial charge in [0.05, 0.1) is 17.1 Å². The van der Waals surface area contributed by atoms with Crippen LogP contribution in [0.1, 0.15) is 70.0 Å².